The number of aryl methyl sites for hydroxylation is 1. The Hall–Kier alpha value is -2.50. The van der Waals surface area contributed by atoms with Gasteiger partial charge in [-0.05, 0) is 36.0 Å². The van der Waals surface area contributed by atoms with E-state index in [0.29, 0.717) is 0 Å². The van der Waals surface area contributed by atoms with E-state index in [0.717, 1.165) is 56.1 Å². The summed E-state index contributed by atoms with van der Waals surface area (Å²) in [7, 11) is 0. The Morgan fingerprint density at radius 2 is 1.93 bits per heavy atom. The van der Waals surface area contributed by atoms with E-state index in [2.05, 4.69) is 58.7 Å². The molecule has 0 saturated heterocycles. The van der Waals surface area contributed by atoms with Crippen LogP contribution in [0.3, 0.4) is 0 Å². The van der Waals surface area contributed by atoms with Crippen molar-refractivity contribution in [3.63, 3.8) is 0 Å². The highest BCUT2D eigenvalue weighted by Crippen LogP contribution is 2.34. The second-order valence-corrected chi connectivity index (χ2v) is 9.05. The van der Waals surface area contributed by atoms with Crippen molar-refractivity contribution in [1.82, 2.24) is 9.88 Å². The van der Waals surface area contributed by atoms with E-state index in [1.54, 1.807) is 11.3 Å². The first-order valence-corrected chi connectivity index (χ1v) is 11.2. The lowest BCUT2D eigenvalue weighted by Gasteiger charge is -2.25. The van der Waals surface area contributed by atoms with Crippen molar-refractivity contribution in [1.29, 1.82) is 0 Å². The molecule has 0 radical (unpaired) electrons. The molecular weight excluding hydrogens is 378 g/mol. The number of thiazole rings is 1. The van der Waals surface area contributed by atoms with Gasteiger partial charge < -0.3 is 5.32 Å². The maximum Gasteiger partial charge on any atom is 0.233 e. The van der Waals surface area contributed by atoms with E-state index in [4.69, 9.17) is 4.98 Å². The van der Waals surface area contributed by atoms with Gasteiger partial charge in [-0.15, -0.1) is 11.3 Å². The molecule has 148 valence electrons. The average molecular weight is 404 g/mol. The van der Waals surface area contributed by atoms with Crippen LogP contribution in [0.1, 0.15) is 46.0 Å². The summed E-state index contributed by atoms with van der Waals surface area (Å²) < 4.78 is 0. The zero-order chi connectivity index (χ0) is 19.6. The summed E-state index contributed by atoms with van der Waals surface area (Å²) in [6, 6.07) is 18.9. The van der Waals surface area contributed by atoms with Gasteiger partial charge in [-0.2, -0.15) is 0 Å². The summed E-state index contributed by atoms with van der Waals surface area (Å²) in [6.07, 6.45) is 4.00. The molecule has 0 saturated carbocycles. The summed E-state index contributed by atoms with van der Waals surface area (Å²) in [5.41, 5.74) is 4.99. The van der Waals surface area contributed by atoms with Crippen molar-refractivity contribution in [3.8, 4) is 0 Å². The summed E-state index contributed by atoms with van der Waals surface area (Å²) >= 11 is 1.64. The molecule has 0 bridgehead atoms. The number of carbonyl (C=O) groups excluding carboxylic acids is 1. The molecule has 0 spiro atoms. The monoisotopic (exact) mass is 403 g/mol. The van der Waals surface area contributed by atoms with Crippen LogP contribution in [-0.4, -0.2) is 22.3 Å². The van der Waals surface area contributed by atoms with Gasteiger partial charge >= 0.3 is 0 Å². The fourth-order valence-electron chi connectivity index (χ4n) is 4.50. The van der Waals surface area contributed by atoms with E-state index in [1.165, 1.54) is 21.6 Å². The Balaban J connectivity index is 1.27. The number of amides is 1. The molecular formula is C24H25N3OS. The Morgan fingerprint density at radius 1 is 1.10 bits per heavy atom. The van der Waals surface area contributed by atoms with Crippen molar-refractivity contribution in [2.75, 3.05) is 11.9 Å². The molecule has 1 aliphatic heterocycles. The van der Waals surface area contributed by atoms with Crippen molar-refractivity contribution in [2.24, 2.45) is 0 Å². The van der Waals surface area contributed by atoms with E-state index in [1.807, 2.05) is 6.07 Å². The van der Waals surface area contributed by atoms with Gasteiger partial charge in [-0.25, -0.2) is 4.98 Å². The maximum absolute atomic E-state index is 13.0. The molecule has 1 unspecified atom stereocenters. The van der Waals surface area contributed by atoms with Crippen LogP contribution in [-0.2, 0) is 30.7 Å². The molecule has 2 aromatic carbocycles. The van der Waals surface area contributed by atoms with Crippen LogP contribution in [0.15, 0.2) is 54.6 Å². The second kappa shape index (κ2) is 8.09. The highest BCUT2D eigenvalue weighted by molar-refractivity contribution is 7.15. The third-order valence-electron chi connectivity index (χ3n) is 5.98. The molecule has 4 nitrogen and oxygen atoms in total. The minimum absolute atomic E-state index is 0.0598. The summed E-state index contributed by atoms with van der Waals surface area (Å²) in [6.45, 7) is 2.87. The minimum Gasteiger partial charge on any atom is -0.301 e. The van der Waals surface area contributed by atoms with Gasteiger partial charge in [0.1, 0.15) is 0 Å². The van der Waals surface area contributed by atoms with Gasteiger partial charge in [0, 0.05) is 30.9 Å². The fraction of sp³-hybridized carbons (Fsp3) is 0.333. The van der Waals surface area contributed by atoms with Crippen LogP contribution in [0.25, 0.3) is 0 Å². The number of hydrogen-bond acceptors (Lipinski definition) is 4. The number of hydrogen-bond donors (Lipinski definition) is 1. The normalized spacial score (nSPS) is 18.7. The van der Waals surface area contributed by atoms with Gasteiger partial charge in [0.25, 0.3) is 0 Å². The number of anilines is 1. The topological polar surface area (TPSA) is 45.2 Å². The van der Waals surface area contributed by atoms with E-state index >= 15 is 0 Å². The van der Waals surface area contributed by atoms with Gasteiger partial charge in [-0.3, -0.25) is 9.69 Å². The first kappa shape index (κ1) is 18.5. The van der Waals surface area contributed by atoms with Crippen molar-refractivity contribution < 1.29 is 4.79 Å². The Bertz CT molecular complexity index is 1010. The Morgan fingerprint density at radius 3 is 2.83 bits per heavy atom. The number of rotatable bonds is 4. The highest BCUT2D eigenvalue weighted by atomic mass is 32.1. The SMILES string of the molecule is O=C(Nc1nc2c(s1)CN(Cc1ccccc1)CC2)C1CCCc2ccccc21. The molecule has 5 heteroatoms. The number of fused-ring (bicyclic) bond motifs is 2. The van der Waals surface area contributed by atoms with Crippen molar-refractivity contribution in [3.05, 3.63) is 81.9 Å². The van der Waals surface area contributed by atoms with E-state index in [9.17, 15) is 4.79 Å². The van der Waals surface area contributed by atoms with Crippen LogP contribution in [0.5, 0.6) is 0 Å². The van der Waals surface area contributed by atoms with E-state index < -0.39 is 0 Å². The van der Waals surface area contributed by atoms with Crippen LogP contribution < -0.4 is 5.32 Å². The van der Waals surface area contributed by atoms with Gasteiger partial charge in [-0.1, -0.05) is 54.6 Å². The van der Waals surface area contributed by atoms with Crippen molar-refractivity contribution in [2.45, 2.75) is 44.7 Å². The third kappa shape index (κ3) is 3.98. The molecule has 2 aliphatic rings. The lowest BCUT2D eigenvalue weighted by atomic mass is 9.82. The smallest absolute Gasteiger partial charge is 0.233 e. The minimum atomic E-state index is -0.0598. The largest absolute Gasteiger partial charge is 0.301 e. The quantitative estimate of drug-likeness (QED) is 0.683. The zero-order valence-electron chi connectivity index (χ0n) is 16.4. The summed E-state index contributed by atoms with van der Waals surface area (Å²) in [5.74, 6) is 0.0276. The van der Waals surface area contributed by atoms with Gasteiger partial charge in [0.15, 0.2) is 5.13 Å². The highest BCUT2D eigenvalue weighted by Gasteiger charge is 2.28. The first-order valence-electron chi connectivity index (χ1n) is 10.4. The predicted molar refractivity (Wildman–Crippen MR) is 117 cm³/mol. The van der Waals surface area contributed by atoms with Crippen molar-refractivity contribution >= 4 is 22.4 Å². The lowest BCUT2D eigenvalue weighted by Crippen LogP contribution is -2.29. The first-order chi connectivity index (χ1) is 14.3. The molecule has 1 amide bonds. The summed E-state index contributed by atoms with van der Waals surface area (Å²) in [5, 5.41) is 3.88. The molecule has 29 heavy (non-hydrogen) atoms. The van der Waals surface area contributed by atoms with E-state index in [-0.39, 0.29) is 11.8 Å². The molecule has 1 N–H and O–H groups in total. The molecule has 2 heterocycles. The number of benzene rings is 2. The predicted octanol–water partition coefficient (Wildman–Crippen LogP) is 4.76. The van der Waals surface area contributed by atoms with Crippen LogP contribution in [0, 0.1) is 0 Å². The number of carbonyl (C=O) groups is 1. The molecule has 3 aromatic rings. The lowest BCUT2D eigenvalue weighted by molar-refractivity contribution is -0.117. The zero-order valence-corrected chi connectivity index (χ0v) is 17.3. The maximum atomic E-state index is 13.0. The number of aromatic nitrogens is 1. The Labute approximate surface area is 175 Å². The number of nitrogens with zero attached hydrogens (tertiary/aromatic N) is 2. The van der Waals surface area contributed by atoms with Crippen LogP contribution in [0.4, 0.5) is 5.13 Å². The Kier molecular flexibility index (Phi) is 5.17. The van der Waals surface area contributed by atoms with Gasteiger partial charge in [0.2, 0.25) is 5.91 Å². The molecule has 0 fully saturated rings. The molecule has 5 rings (SSSR count). The third-order valence-corrected chi connectivity index (χ3v) is 6.97. The molecule has 1 aromatic heterocycles. The molecule has 1 atom stereocenters. The molecule has 1 aliphatic carbocycles. The standard InChI is InChI=1S/C24H25N3OS/c28-23(20-12-6-10-18-9-4-5-11-19(18)20)26-24-25-21-13-14-27(16-22(21)29-24)15-17-7-2-1-3-8-17/h1-5,7-9,11,20H,6,10,12-16H2,(H,25,26,28). The van der Waals surface area contributed by atoms with Crippen LogP contribution >= 0.6 is 11.3 Å². The fourth-order valence-corrected chi connectivity index (χ4v) is 5.55. The van der Waals surface area contributed by atoms with Gasteiger partial charge in [0.05, 0.1) is 11.6 Å². The van der Waals surface area contributed by atoms with Crippen LogP contribution in [0.2, 0.25) is 0 Å². The second-order valence-electron chi connectivity index (χ2n) is 7.97. The average Bonchev–Trinajstić information content (AvgIpc) is 3.15. The number of nitrogens with one attached hydrogen (secondary N) is 1. The summed E-state index contributed by atoms with van der Waals surface area (Å²) in [4.78, 5) is 21.5.